The minimum Gasteiger partial charge on any atom is -0.396 e. The second kappa shape index (κ2) is 9.34. The molecule has 1 atom stereocenters. The van der Waals surface area contributed by atoms with E-state index in [1.165, 1.54) is 25.7 Å². The van der Waals surface area contributed by atoms with E-state index in [-0.39, 0.29) is 12.5 Å². The van der Waals surface area contributed by atoms with Gasteiger partial charge in [0, 0.05) is 19.2 Å². The number of hydrogen-bond acceptors (Lipinski definition) is 3. The Kier molecular flexibility index (Phi) is 8.01. The predicted octanol–water partition coefficient (Wildman–Crippen LogP) is 1.43. The number of nitrogens with one attached hydrogen (secondary N) is 2. The zero-order chi connectivity index (χ0) is 13.2. The lowest BCUT2D eigenvalue weighted by molar-refractivity contribution is -0.120. The van der Waals surface area contributed by atoms with Crippen molar-refractivity contribution in [2.24, 2.45) is 5.92 Å². The Morgan fingerprint density at radius 3 is 2.67 bits per heavy atom. The molecule has 1 unspecified atom stereocenters. The van der Waals surface area contributed by atoms with Crippen LogP contribution in [0.15, 0.2) is 0 Å². The number of aliphatic hydroxyl groups excluding tert-OH is 1. The molecule has 1 aliphatic rings. The first kappa shape index (κ1) is 15.4. The van der Waals surface area contributed by atoms with Crippen LogP contribution in [0.3, 0.4) is 0 Å². The molecule has 3 N–H and O–H groups in total. The monoisotopic (exact) mass is 256 g/mol. The van der Waals surface area contributed by atoms with Gasteiger partial charge in [-0.3, -0.25) is 4.79 Å². The summed E-state index contributed by atoms with van der Waals surface area (Å²) >= 11 is 0. The molecule has 4 heteroatoms. The first-order valence-electron chi connectivity index (χ1n) is 7.37. The highest BCUT2D eigenvalue weighted by molar-refractivity contribution is 5.78. The Morgan fingerprint density at radius 1 is 1.33 bits per heavy atom. The highest BCUT2D eigenvalue weighted by Crippen LogP contribution is 2.17. The summed E-state index contributed by atoms with van der Waals surface area (Å²) in [6.07, 6.45) is 7.93. The fourth-order valence-corrected chi connectivity index (χ4v) is 2.63. The van der Waals surface area contributed by atoms with Crippen molar-refractivity contribution in [3.63, 3.8) is 0 Å². The van der Waals surface area contributed by atoms with Crippen LogP contribution in [0.4, 0.5) is 0 Å². The van der Waals surface area contributed by atoms with Gasteiger partial charge in [-0.05, 0) is 31.6 Å². The van der Waals surface area contributed by atoms with Gasteiger partial charge in [0.1, 0.15) is 0 Å². The smallest absolute Gasteiger partial charge is 0.233 e. The second-order valence-electron chi connectivity index (χ2n) is 5.33. The molecule has 0 heterocycles. The highest BCUT2D eigenvalue weighted by Gasteiger charge is 2.15. The van der Waals surface area contributed by atoms with Crippen LogP contribution < -0.4 is 10.6 Å². The molecule has 1 aliphatic carbocycles. The van der Waals surface area contributed by atoms with Crippen molar-refractivity contribution >= 4 is 5.91 Å². The number of aliphatic hydroxyl groups is 1. The van der Waals surface area contributed by atoms with Crippen LogP contribution in [0.2, 0.25) is 0 Å². The van der Waals surface area contributed by atoms with Crippen LogP contribution in [0.1, 0.15) is 51.9 Å². The first-order chi connectivity index (χ1) is 8.76. The molecule has 0 aromatic carbocycles. The fourth-order valence-electron chi connectivity index (χ4n) is 2.63. The molecule has 0 aromatic heterocycles. The zero-order valence-electron chi connectivity index (χ0n) is 11.6. The Balaban J connectivity index is 2.10. The van der Waals surface area contributed by atoms with Crippen molar-refractivity contribution in [1.29, 1.82) is 0 Å². The summed E-state index contributed by atoms with van der Waals surface area (Å²) < 4.78 is 0. The van der Waals surface area contributed by atoms with E-state index in [1.807, 2.05) is 0 Å². The minimum absolute atomic E-state index is 0.0842. The van der Waals surface area contributed by atoms with Crippen molar-refractivity contribution in [3.8, 4) is 0 Å². The summed E-state index contributed by atoms with van der Waals surface area (Å²) in [5.41, 5.74) is 0. The number of amides is 1. The summed E-state index contributed by atoms with van der Waals surface area (Å²) in [4.78, 5) is 11.7. The van der Waals surface area contributed by atoms with Crippen LogP contribution in [-0.4, -0.2) is 36.8 Å². The lowest BCUT2D eigenvalue weighted by Crippen LogP contribution is -2.39. The topological polar surface area (TPSA) is 61.4 Å². The maximum atomic E-state index is 11.7. The third-order valence-electron chi connectivity index (χ3n) is 3.73. The highest BCUT2D eigenvalue weighted by atomic mass is 16.3. The van der Waals surface area contributed by atoms with Gasteiger partial charge in [-0.15, -0.1) is 0 Å². The SMILES string of the molecule is CCCC(CCO)CNC(=O)CNC1CCCC1. The van der Waals surface area contributed by atoms with Gasteiger partial charge in [0.25, 0.3) is 0 Å². The first-order valence-corrected chi connectivity index (χ1v) is 7.37. The molecular formula is C14H28N2O2. The summed E-state index contributed by atoms with van der Waals surface area (Å²) in [5, 5.41) is 15.2. The Morgan fingerprint density at radius 2 is 2.06 bits per heavy atom. The van der Waals surface area contributed by atoms with Gasteiger partial charge in [0.05, 0.1) is 6.54 Å². The van der Waals surface area contributed by atoms with Gasteiger partial charge >= 0.3 is 0 Å². The molecular weight excluding hydrogens is 228 g/mol. The quantitative estimate of drug-likeness (QED) is 0.585. The summed E-state index contributed by atoms with van der Waals surface area (Å²) in [6, 6.07) is 0.541. The van der Waals surface area contributed by atoms with E-state index < -0.39 is 0 Å². The van der Waals surface area contributed by atoms with E-state index in [0.29, 0.717) is 25.0 Å². The van der Waals surface area contributed by atoms with Crippen LogP contribution in [-0.2, 0) is 4.79 Å². The van der Waals surface area contributed by atoms with E-state index in [4.69, 9.17) is 5.11 Å². The molecule has 0 aliphatic heterocycles. The standard InChI is InChI=1S/C14H28N2O2/c1-2-5-12(8-9-17)10-16-14(18)11-15-13-6-3-4-7-13/h12-13,15,17H,2-11H2,1H3,(H,16,18). The van der Waals surface area contributed by atoms with Crippen molar-refractivity contribution in [2.45, 2.75) is 57.9 Å². The minimum atomic E-state index is 0.0842. The van der Waals surface area contributed by atoms with E-state index in [1.54, 1.807) is 0 Å². The van der Waals surface area contributed by atoms with E-state index in [9.17, 15) is 4.79 Å². The molecule has 1 rings (SSSR count). The summed E-state index contributed by atoms with van der Waals surface area (Å²) in [6.45, 7) is 3.47. The Hall–Kier alpha value is -0.610. The van der Waals surface area contributed by atoms with Gasteiger partial charge in [0.2, 0.25) is 5.91 Å². The number of hydrogen-bond donors (Lipinski definition) is 3. The van der Waals surface area contributed by atoms with Gasteiger partial charge in [-0.25, -0.2) is 0 Å². The van der Waals surface area contributed by atoms with E-state index in [2.05, 4.69) is 17.6 Å². The van der Waals surface area contributed by atoms with Crippen LogP contribution in [0, 0.1) is 5.92 Å². The molecule has 1 fully saturated rings. The normalized spacial score (nSPS) is 17.9. The largest absolute Gasteiger partial charge is 0.396 e. The van der Waals surface area contributed by atoms with Gasteiger partial charge in [-0.2, -0.15) is 0 Å². The van der Waals surface area contributed by atoms with Gasteiger partial charge < -0.3 is 15.7 Å². The lowest BCUT2D eigenvalue weighted by Gasteiger charge is -2.16. The lowest BCUT2D eigenvalue weighted by atomic mass is 10.0. The Bertz CT molecular complexity index is 222. The zero-order valence-corrected chi connectivity index (χ0v) is 11.6. The van der Waals surface area contributed by atoms with E-state index in [0.717, 1.165) is 19.3 Å². The number of rotatable bonds is 9. The van der Waals surface area contributed by atoms with Crippen LogP contribution in [0.5, 0.6) is 0 Å². The van der Waals surface area contributed by atoms with Crippen molar-refractivity contribution in [1.82, 2.24) is 10.6 Å². The molecule has 0 aromatic rings. The predicted molar refractivity (Wildman–Crippen MR) is 73.4 cm³/mol. The van der Waals surface area contributed by atoms with Crippen LogP contribution in [0.25, 0.3) is 0 Å². The number of carbonyl (C=O) groups excluding carboxylic acids is 1. The maximum absolute atomic E-state index is 11.7. The molecule has 1 saturated carbocycles. The van der Waals surface area contributed by atoms with Crippen molar-refractivity contribution in [3.05, 3.63) is 0 Å². The van der Waals surface area contributed by atoms with Crippen molar-refractivity contribution in [2.75, 3.05) is 19.7 Å². The molecule has 1 amide bonds. The van der Waals surface area contributed by atoms with Crippen molar-refractivity contribution < 1.29 is 9.90 Å². The van der Waals surface area contributed by atoms with Gasteiger partial charge in [-0.1, -0.05) is 26.2 Å². The molecule has 4 nitrogen and oxygen atoms in total. The third kappa shape index (κ3) is 6.36. The van der Waals surface area contributed by atoms with Crippen LogP contribution >= 0.6 is 0 Å². The summed E-state index contributed by atoms with van der Waals surface area (Å²) in [5.74, 6) is 0.497. The molecule has 0 radical (unpaired) electrons. The Labute approximate surface area is 111 Å². The third-order valence-corrected chi connectivity index (χ3v) is 3.73. The fraction of sp³-hybridized carbons (Fsp3) is 0.929. The maximum Gasteiger partial charge on any atom is 0.233 e. The molecule has 0 saturated heterocycles. The molecule has 106 valence electrons. The summed E-state index contributed by atoms with van der Waals surface area (Å²) in [7, 11) is 0. The average Bonchev–Trinajstić information content (AvgIpc) is 2.87. The second-order valence-corrected chi connectivity index (χ2v) is 5.33. The molecule has 0 bridgehead atoms. The number of carbonyl (C=O) groups is 1. The van der Waals surface area contributed by atoms with E-state index >= 15 is 0 Å². The van der Waals surface area contributed by atoms with Gasteiger partial charge in [0.15, 0.2) is 0 Å². The average molecular weight is 256 g/mol. The molecule has 0 spiro atoms. The molecule has 18 heavy (non-hydrogen) atoms.